The van der Waals surface area contributed by atoms with Gasteiger partial charge in [0.2, 0.25) is 0 Å². The number of rotatable bonds is 2. The van der Waals surface area contributed by atoms with Crippen molar-refractivity contribution >= 4 is 41.2 Å². The fourth-order valence-electron chi connectivity index (χ4n) is 1.16. The lowest BCUT2D eigenvalue weighted by Gasteiger charge is -2.19. The third-order valence-electron chi connectivity index (χ3n) is 1.72. The van der Waals surface area contributed by atoms with Gasteiger partial charge in [0.1, 0.15) is 15.9 Å². The molecule has 98 valence electrons. The molecule has 0 spiro atoms. The summed E-state index contributed by atoms with van der Waals surface area (Å²) in [4.78, 5) is 15.6. The van der Waals surface area contributed by atoms with Crippen LogP contribution < -0.4 is 5.32 Å². The lowest BCUT2D eigenvalue weighted by Crippen LogP contribution is -2.27. The van der Waals surface area contributed by atoms with Gasteiger partial charge in [-0.2, -0.15) is 0 Å². The van der Waals surface area contributed by atoms with E-state index in [0.29, 0.717) is 11.4 Å². The number of anilines is 1. The molecule has 0 saturated carbocycles. The van der Waals surface area contributed by atoms with Gasteiger partial charge in [0.05, 0.1) is 0 Å². The number of aromatic nitrogens is 1. The summed E-state index contributed by atoms with van der Waals surface area (Å²) in [5, 5.41) is 2.54. The minimum atomic E-state index is -0.582. The number of carbonyl (C=O) groups excluding carboxylic acids is 1. The molecule has 1 N–H and O–H groups in total. The Morgan fingerprint density at radius 3 is 2.67 bits per heavy atom. The smallest absolute Gasteiger partial charge is 0.413 e. The van der Waals surface area contributed by atoms with Crippen molar-refractivity contribution in [2.75, 3.05) is 5.32 Å². The van der Waals surface area contributed by atoms with E-state index in [4.69, 9.17) is 27.9 Å². The molecule has 1 aromatic rings. The van der Waals surface area contributed by atoms with Gasteiger partial charge < -0.3 is 4.74 Å². The highest BCUT2D eigenvalue weighted by Crippen LogP contribution is 2.20. The number of amides is 1. The Bertz CT molecular complexity index is 463. The fraction of sp³-hybridized carbons (Fsp3) is 0.333. The van der Waals surface area contributed by atoms with Crippen LogP contribution in [0.3, 0.4) is 0 Å². The van der Waals surface area contributed by atoms with Crippen LogP contribution in [0.5, 0.6) is 0 Å². The maximum absolute atomic E-state index is 11.6. The number of hydrogen-bond acceptors (Lipinski definition) is 3. The van der Waals surface area contributed by atoms with E-state index in [1.54, 1.807) is 39.1 Å². The van der Waals surface area contributed by atoms with Gasteiger partial charge in [-0.1, -0.05) is 23.2 Å². The molecule has 1 amide bonds. The Labute approximate surface area is 116 Å². The van der Waals surface area contributed by atoms with Crippen LogP contribution in [0.2, 0.25) is 0 Å². The molecule has 1 rings (SSSR count). The van der Waals surface area contributed by atoms with Crippen molar-refractivity contribution in [3.05, 3.63) is 28.4 Å². The number of ether oxygens (including phenoxy) is 1. The Morgan fingerprint density at radius 2 is 2.11 bits per heavy atom. The molecule has 0 atom stereocenters. The molecule has 0 aliphatic heterocycles. The van der Waals surface area contributed by atoms with E-state index >= 15 is 0 Å². The average molecular weight is 289 g/mol. The SMILES string of the molecule is CC(C)(C)OC(=O)Nc1ncccc1C=C(Cl)Cl. The summed E-state index contributed by atoms with van der Waals surface area (Å²) in [5.41, 5.74) is 0.0299. The topological polar surface area (TPSA) is 51.2 Å². The predicted octanol–water partition coefficient (Wildman–Crippen LogP) is 4.20. The van der Waals surface area contributed by atoms with E-state index in [1.165, 1.54) is 6.08 Å². The van der Waals surface area contributed by atoms with Crippen LogP contribution in [-0.4, -0.2) is 16.7 Å². The molecular formula is C12H14Cl2N2O2. The van der Waals surface area contributed by atoms with Crippen LogP contribution in [0.15, 0.2) is 22.8 Å². The first-order valence-corrected chi connectivity index (χ1v) is 6.01. The summed E-state index contributed by atoms with van der Waals surface area (Å²) in [6.07, 6.45) is 2.45. The van der Waals surface area contributed by atoms with E-state index in [9.17, 15) is 4.79 Å². The first kappa shape index (κ1) is 14.8. The van der Waals surface area contributed by atoms with E-state index in [-0.39, 0.29) is 4.49 Å². The van der Waals surface area contributed by atoms with Crippen LogP contribution in [0.25, 0.3) is 6.08 Å². The first-order valence-electron chi connectivity index (χ1n) is 5.25. The predicted molar refractivity (Wildman–Crippen MR) is 73.8 cm³/mol. The van der Waals surface area contributed by atoms with Crippen LogP contribution >= 0.6 is 23.2 Å². The minimum Gasteiger partial charge on any atom is -0.444 e. The lowest BCUT2D eigenvalue weighted by molar-refractivity contribution is 0.0635. The number of carbonyl (C=O) groups is 1. The molecule has 0 aliphatic carbocycles. The highest BCUT2D eigenvalue weighted by Gasteiger charge is 2.17. The molecule has 4 nitrogen and oxygen atoms in total. The second-order valence-corrected chi connectivity index (χ2v) is 5.51. The van der Waals surface area contributed by atoms with Crippen molar-refractivity contribution in [1.29, 1.82) is 0 Å². The molecule has 18 heavy (non-hydrogen) atoms. The molecule has 1 aromatic heterocycles. The second-order valence-electron chi connectivity index (χ2n) is 4.50. The van der Waals surface area contributed by atoms with Gasteiger partial charge in [0, 0.05) is 11.8 Å². The minimum absolute atomic E-state index is 0.0789. The van der Waals surface area contributed by atoms with Crippen molar-refractivity contribution in [2.24, 2.45) is 0 Å². The highest BCUT2D eigenvalue weighted by molar-refractivity contribution is 6.57. The Kier molecular flexibility index (Phi) is 4.99. The Hall–Kier alpha value is -1.26. The van der Waals surface area contributed by atoms with Gasteiger partial charge in [-0.15, -0.1) is 0 Å². The monoisotopic (exact) mass is 288 g/mol. The Balaban J connectivity index is 2.85. The molecule has 0 fully saturated rings. The normalized spacial score (nSPS) is 10.7. The molecular weight excluding hydrogens is 275 g/mol. The maximum Gasteiger partial charge on any atom is 0.413 e. The summed E-state index contributed by atoms with van der Waals surface area (Å²) in [7, 11) is 0. The largest absolute Gasteiger partial charge is 0.444 e. The van der Waals surface area contributed by atoms with Gasteiger partial charge in [-0.25, -0.2) is 9.78 Å². The third-order valence-corrected chi connectivity index (χ3v) is 1.94. The van der Waals surface area contributed by atoms with Gasteiger partial charge in [0.25, 0.3) is 0 Å². The van der Waals surface area contributed by atoms with Crippen LogP contribution in [0.1, 0.15) is 26.3 Å². The maximum atomic E-state index is 11.6. The zero-order valence-corrected chi connectivity index (χ0v) is 11.8. The Morgan fingerprint density at radius 1 is 1.44 bits per heavy atom. The first-order chi connectivity index (χ1) is 8.28. The van der Waals surface area contributed by atoms with Gasteiger partial charge >= 0.3 is 6.09 Å². The highest BCUT2D eigenvalue weighted by atomic mass is 35.5. The van der Waals surface area contributed by atoms with Crippen molar-refractivity contribution in [3.8, 4) is 0 Å². The van der Waals surface area contributed by atoms with Crippen molar-refractivity contribution in [2.45, 2.75) is 26.4 Å². The zero-order valence-electron chi connectivity index (χ0n) is 10.3. The summed E-state index contributed by atoms with van der Waals surface area (Å²) < 4.78 is 5.20. The van der Waals surface area contributed by atoms with Gasteiger partial charge in [-0.3, -0.25) is 5.32 Å². The molecule has 0 saturated heterocycles. The number of halogens is 2. The molecule has 0 aromatic carbocycles. The number of nitrogens with one attached hydrogen (secondary N) is 1. The fourth-order valence-corrected chi connectivity index (χ4v) is 1.39. The van der Waals surface area contributed by atoms with Crippen LogP contribution in [0.4, 0.5) is 10.6 Å². The molecule has 0 bridgehead atoms. The zero-order chi connectivity index (χ0) is 13.8. The van der Waals surface area contributed by atoms with Crippen molar-refractivity contribution in [1.82, 2.24) is 4.98 Å². The quantitative estimate of drug-likeness (QED) is 0.887. The third kappa shape index (κ3) is 5.38. The number of pyridine rings is 1. The van der Waals surface area contributed by atoms with Crippen molar-refractivity contribution < 1.29 is 9.53 Å². The van der Waals surface area contributed by atoms with E-state index < -0.39 is 11.7 Å². The lowest BCUT2D eigenvalue weighted by atomic mass is 10.2. The second kappa shape index (κ2) is 6.07. The van der Waals surface area contributed by atoms with E-state index in [2.05, 4.69) is 10.3 Å². The molecule has 0 aliphatic rings. The molecule has 0 unspecified atom stereocenters. The standard InChI is InChI=1S/C12H14Cl2N2O2/c1-12(2,3)18-11(17)16-10-8(7-9(13)14)5-4-6-15-10/h4-7H,1-3H3,(H,15,16,17). The number of nitrogens with zero attached hydrogens (tertiary/aromatic N) is 1. The van der Waals surface area contributed by atoms with Gasteiger partial charge in [0.15, 0.2) is 0 Å². The molecule has 0 radical (unpaired) electrons. The number of hydrogen-bond donors (Lipinski definition) is 1. The van der Waals surface area contributed by atoms with Crippen LogP contribution in [0, 0.1) is 0 Å². The summed E-state index contributed by atoms with van der Waals surface area (Å²) in [5.74, 6) is 0.338. The van der Waals surface area contributed by atoms with Crippen molar-refractivity contribution in [3.63, 3.8) is 0 Å². The van der Waals surface area contributed by atoms with E-state index in [1.807, 2.05) is 0 Å². The summed E-state index contributed by atoms with van der Waals surface area (Å²) >= 11 is 11.2. The summed E-state index contributed by atoms with van der Waals surface area (Å²) in [6.45, 7) is 5.34. The van der Waals surface area contributed by atoms with Gasteiger partial charge in [-0.05, 0) is 39.0 Å². The van der Waals surface area contributed by atoms with E-state index in [0.717, 1.165) is 0 Å². The molecule has 6 heteroatoms. The average Bonchev–Trinajstić information content (AvgIpc) is 2.17. The molecule has 1 heterocycles. The summed E-state index contributed by atoms with van der Waals surface area (Å²) in [6, 6.07) is 3.44. The van der Waals surface area contributed by atoms with Crippen LogP contribution in [-0.2, 0) is 4.74 Å².